The summed E-state index contributed by atoms with van der Waals surface area (Å²) in [5.74, 6) is 0. The average molecular weight is 400 g/mol. The Hall–Kier alpha value is -2.32. The van der Waals surface area contributed by atoms with Crippen LogP contribution in [0.4, 0.5) is 5.69 Å². The van der Waals surface area contributed by atoms with Gasteiger partial charge in [0.1, 0.15) is 16.6 Å². The summed E-state index contributed by atoms with van der Waals surface area (Å²) >= 11 is 13.4. The van der Waals surface area contributed by atoms with Crippen LogP contribution >= 0.6 is 34.5 Å². The molecule has 3 rings (SSSR count). The summed E-state index contributed by atoms with van der Waals surface area (Å²) in [5.41, 5.74) is 5.52. The molecule has 0 aliphatic rings. The van der Waals surface area contributed by atoms with E-state index < -0.39 is 0 Å². The summed E-state index contributed by atoms with van der Waals surface area (Å²) < 4.78 is 0. The maximum Gasteiger partial charge on any atom is 0.136 e. The summed E-state index contributed by atoms with van der Waals surface area (Å²) in [7, 11) is 0. The zero-order valence-corrected chi connectivity index (χ0v) is 16.5. The van der Waals surface area contributed by atoms with Gasteiger partial charge in [-0.3, -0.25) is 0 Å². The van der Waals surface area contributed by atoms with Crippen LogP contribution in [0.5, 0.6) is 0 Å². The third-order valence-electron chi connectivity index (χ3n) is 3.90. The molecule has 6 heteroatoms. The van der Waals surface area contributed by atoms with Gasteiger partial charge in [-0.2, -0.15) is 5.26 Å². The Labute approximate surface area is 166 Å². The first-order chi connectivity index (χ1) is 12.5. The van der Waals surface area contributed by atoms with Gasteiger partial charge < -0.3 is 5.32 Å². The molecule has 0 aliphatic heterocycles. The Morgan fingerprint density at radius 1 is 1.12 bits per heavy atom. The number of nitriles is 1. The lowest BCUT2D eigenvalue weighted by Crippen LogP contribution is -1.91. The second-order valence-electron chi connectivity index (χ2n) is 5.81. The number of nitrogens with one attached hydrogen (secondary N) is 1. The van der Waals surface area contributed by atoms with Gasteiger partial charge in [-0.1, -0.05) is 35.3 Å². The lowest BCUT2D eigenvalue weighted by Gasteiger charge is -2.03. The number of benzene rings is 2. The summed E-state index contributed by atoms with van der Waals surface area (Å²) in [5, 5.41) is 16.2. The molecule has 1 aromatic heterocycles. The first kappa shape index (κ1) is 18.5. The molecule has 0 bridgehead atoms. The molecule has 1 heterocycles. The van der Waals surface area contributed by atoms with Crippen LogP contribution in [0.2, 0.25) is 10.0 Å². The molecular formula is C20H15Cl2N3S. The van der Waals surface area contributed by atoms with Crippen LogP contribution in [-0.4, -0.2) is 4.98 Å². The molecular weight excluding hydrogens is 385 g/mol. The molecule has 0 saturated carbocycles. The normalized spacial score (nSPS) is 11.3. The zero-order valence-electron chi connectivity index (χ0n) is 14.2. The number of nitrogens with zero attached hydrogens (tertiary/aromatic N) is 2. The van der Waals surface area contributed by atoms with E-state index in [0.717, 1.165) is 11.3 Å². The third-order valence-corrected chi connectivity index (χ3v) is 5.22. The van der Waals surface area contributed by atoms with E-state index in [1.807, 2.05) is 11.4 Å². The van der Waals surface area contributed by atoms with Crippen molar-refractivity contribution in [2.24, 2.45) is 0 Å². The standard InChI is InChI=1S/C20H15Cl2N3S/c1-12-3-4-14(5-13(12)2)19-11-26-20(25-19)15(9-23)10-24-18-7-16(21)6-17(22)8-18/h3-8,10-11,24H,1-2H3. The number of halogens is 2. The van der Waals surface area contributed by atoms with E-state index in [2.05, 4.69) is 42.4 Å². The molecule has 130 valence electrons. The van der Waals surface area contributed by atoms with Crippen LogP contribution in [0.3, 0.4) is 0 Å². The summed E-state index contributed by atoms with van der Waals surface area (Å²) in [6.45, 7) is 4.16. The van der Waals surface area contributed by atoms with Gasteiger partial charge >= 0.3 is 0 Å². The van der Waals surface area contributed by atoms with Gasteiger partial charge in [0.05, 0.1) is 5.69 Å². The maximum atomic E-state index is 9.48. The SMILES string of the molecule is Cc1ccc(-c2csc(C(C#N)=CNc3cc(Cl)cc(Cl)c3)n2)cc1C. The van der Waals surface area contributed by atoms with Crippen molar-refractivity contribution in [2.45, 2.75) is 13.8 Å². The van der Waals surface area contributed by atoms with Gasteiger partial charge in [0.2, 0.25) is 0 Å². The van der Waals surface area contributed by atoms with Crippen molar-refractivity contribution < 1.29 is 0 Å². The number of allylic oxidation sites excluding steroid dienone is 1. The fourth-order valence-corrected chi connectivity index (χ4v) is 3.69. The lowest BCUT2D eigenvalue weighted by molar-refractivity contribution is 1.31. The molecule has 1 N–H and O–H groups in total. The largest absolute Gasteiger partial charge is 0.360 e. The Morgan fingerprint density at radius 2 is 1.85 bits per heavy atom. The molecule has 0 amide bonds. The van der Waals surface area contributed by atoms with Crippen LogP contribution < -0.4 is 5.32 Å². The van der Waals surface area contributed by atoms with Crippen molar-refractivity contribution >= 4 is 45.8 Å². The summed E-state index contributed by atoms with van der Waals surface area (Å²) in [6.07, 6.45) is 1.62. The highest BCUT2D eigenvalue weighted by molar-refractivity contribution is 7.11. The number of aromatic nitrogens is 1. The smallest absolute Gasteiger partial charge is 0.136 e. The van der Waals surface area contributed by atoms with Gasteiger partial charge in [0.15, 0.2) is 0 Å². The van der Waals surface area contributed by atoms with Crippen LogP contribution in [0, 0.1) is 25.2 Å². The lowest BCUT2D eigenvalue weighted by atomic mass is 10.1. The van der Waals surface area contributed by atoms with Crippen LogP contribution in [0.25, 0.3) is 16.8 Å². The number of thiazole rings is 1. The second-order valence-corrected chi connectivity index (χ2v) is 7.54. The maximum absolute atomic E-state index is 9.48. The highest BCUT2D eigenvalue weighted by atomic mass is 35.5. The molecule has 0 aliphatic carbocycles. The van der Waals surface area contributed by atoms with Crippen molar-refractivity contribution in [1.82, 2.24) is 4.98 Å². The molecule has 0 radical (unpaired) electrons. The van der Waals surface area contributed by atoms with Crippen molar-refractivity contribution in [3.8, 4) is 17.3 Å². The Kier molecular flexibility index (Phi) is 5.63. The Balaban J connectivity index is 1.86. The predicted octanol–water partition coefficient (Wildman–Crippen LogP) is 6.71. The average Bonchev–Trinajstić information content (AvgIpc) is 3.07. The molecule has 26 heavy (non-hydrogen) atoms. The third kappa shape index (κ3) is 4.25. The van der Waals surface area contributed by atoms with Crippen molar-refractivity contribution in [3.05, 3.63) is 74.2 Å². The number of hydrogen-bond acceptors (Lipinski definition) is 4. The highest BCUT2D eigenvalue weighted by Gasteiger charge is 2.10. The van der Waals surface area contributed by atoms with Gasteiger partial charge in [-0.25, -0.2) is 4.98 Å². The van der Waals surface area contributed by atoms with E-state index >= 15 is 0 Å². The molecule has 0 spiro atoms. The van der Waals surface area contributed by atoms with Gasteiger partial charge in [0.25, 0.3) is 0 Å². The molecule has 3 aromatic rings. The van der Waals surface area contributed by atoms with E-state index in [1.54, 1.807) is 24.4 Å². The van der Waals surface area contributed by atoms with Gasteiger partial charge in [0, 0.05) is 32.9 Å². The predicted molar refractivity (Wildman–Crippen MR) is 111 cm³/mol. The molecule has 0 saturated heterocycles. The first-order valence-electron chi connectivity index (χ1n) is 7.82. The fourth-order valence-electron chi connectivity index (χ4n) is 2.37. The van der Waals surface area contributed by atoms with Crippen molar-refractivity contribution in [3.63, 3.8) is 0 Å². The molecule has 2 aromatic carbocycles. The van der Waals surface area contributed by atoms with E-state index in [1.165, 1.54) is 22.5 Å². The number of aryl methyl sites for hydroxylation is 2. The van der Waals surface area contributed by atoms with Crippen LogP contribution in [0.1, 0.15) is 16.1 Å². The molecule has 0 atom stereocenters. The number of anilines is 1. The molecule has 3 nitrogen and oxygen atoms in total. The minimum Gasteiger partial charge on any atom is -0.360 e. The number of rotatable bonds is 4. The number of hydrogen-bond donors (Lipinski definition) is 1. The van der Waals surface area contributed by atoms with E-state index in [4.69, 9.17) is 23.2 Å². The van der Waals surface area contributed by atoms with Crippen molar-refractivity contribution in [1.29, 1.82) is 5.26 Å². The van der Waals surface area contributed by atoms with Crippen molar-refractivity contribution in [2.75, 3.05) is 5.32 Å². The van der Waals surface area contributed by atoms with Crippen LogP contribution in [-0.2, 0) is 0 Å². The van der Waals surface area contributed by atoms with Crippen LogP contribution in [0.15, 0.2) is 48.0 Å². The minimum absolute atomic E-state index is 0.446. The second kappa shape index (κ2) is 7.92. The minimum atomic E-state index is 0.446. The van der Waals surface area contributed by atoms with Gasteiger partial charge in [-0.05, 0) is 49.2 Å². The topological polar surface area (TPSA) is 48.7 Å². The fraction of sp³-hybridized carbons (Fsp3) is 0.100. The summed E-state index contributed by atoms with van der Waals surface area (Å²) in [4.78, 5) is 4.61. The van der Waals surface area contributed by atoms with Gasteiger partial charge in [-0.15, -0.1) is 11.3 Å². The van der Waals surface area contributed by atoms with E-state index in [-0.39, 0.29) is 0 Å². The first-order valence-corrected chi connectivity index (χ1v) is 9.46. The van der Waals surface area contributed by atoms with E-state index in [9.17, 15) is 5.26 Å². The monoisotopic (exact) mass is 399 g/mol. The van der Waals surface area contributed by atoms with E-state index in [0.29, 0.717) is 26.3 Å². The summed E-state index contributed by atoms with van der Waals surface area (Å²) in [6, 6.07) is 13.5. The molecule has 0 unspecified atom stereocenters. The Bertz CT molecular complexity index is 1010. The zero-order chi connectivity index (χ0) is 18.7. The highest BCUT2D eigenvalue weighted by Crippen LogP contribution is 2.28. The molecule has 0 fully saturated rings. The Morgan fingerprint density at radius 3 is 2.50 bits per heavy atom. The quantitative estimate of drug-likeness (QED) is 0.495.